The van der Waals surface area contributed by atoms with E-state index < -0.39 is 17.8 Å². The van der Waals surface area contributed by atoms with Gasteiger partial charge in [-0.15, -0.1) is 0 Å². The second-order valence-corrected chi connectivity index (χ2v) is 9.98. The Balaban J connectivity index is 1.40. The van der Waals surface area contributed by atoms with Crippen molar-refractivity contribution in [3.8, 4) is 22.4 Å². The molecule has 1 atom stereocenters. The van der Waals surface area contributed by atoms with E-state index in [1.165, 1.54) is 23.1 Å². The highest BCUT2D eigenvalue weighted by Crippen LogP contribution is 2.30. The molecule has 1 aliphatic carbocycles. The topological polar surface area (TPSA) is 121 Å². The lowest BCUT2D eigenvalue weighted by Gasteiger charge is -2.14. The van der Waals surface area contributed by atoms with E-state index in [-0.39, 0.29) is 21.4 Å². The van der Waals surface area contributed by atoms with Crippen molar-refractivity contribution < 1.29 is 9.90 Å². The number of nitrogens with one attached hydrogen (secondary N) is 3. The lowest BCUT2D eigenvalue weighted by molar-refractivity contribution is 0.137. The molecule has 0 saturated heterocycles. The molecule has 5 rings (SSSR count). The molecule has 2 amide bonds. The molecular formula is C28H26Cl2N6O3. The summed E-state index contributed by atoms with van der Waals surface area (Å²) in [7, 11) is 0. The average Bonchev–Trinajstić information content (AvgIpc) is 3.76. The van der Waals surface area contributed by atoms with Gasteiger partial charge in [0.25, 0.3) is 5.56 Å². The van der Waals surface area contributed by atoms with Gasteiger partial charge in [0.05, 0.1) is 21.4 Å². The van der Waals surface area contributed by atoms with Crippen molar-refractivity contribution in [2.24, 2.45) is 0 Å². The van der Waals surface area contributed by atoms with Crippen LogP contribution in [-0.4, -0.2) is 31.9 Å². The number of amides is 2. The third-order valence-corrected chi connectivity index (χ3v) is 6.88. The molecule has 0 aliphatic heterocycles. The number of urea groups is 1. The number of anilines is 2. The maximum absolute atomic E-state index is 12.9. The van der Waals surface area contributed by atoms with Crippen molar-refractivity contribution in [2.45, 2.75) is 38.6 Å². The third-order valence-electron chi connectivity index (χ3n) is 6.30. The lowest BCUT2D eigenvalue weighted by atomic mass is 10.00. The second kappa shape index (κ2) is 11.5. The Kier molecular flexibility index (Phi) is 7.94. The summed E-state index contributed by atoms with van der Waals surface area (Å²) in [6.07, 6.45) is 4.20. The van der Waals surface area contributed by atoms with Crippen LogP contribution in [0.5, 0.6) is 0 Å². The fraction of sp³-hybridized carbons (Fsp3) is 0.214. The van der Waals surface area contributed by atoms with E-state index >= 15 is 0 Å². The molecular weight excluding hydrogens is 539 g/mol. The zero-order valence-electron chi connectivity index (χ0n) is 21.0. The highest BCUT2D eigenvalue weighted by atomic mass is 35.5. The van der Waals surface area contributed by atoms with Gasteiger partial charge in [0.2, 0.25) is 0 Å². The highest BCUT2D eigenvalue weighted by molar-refractivity contribution is 6.39. The van der Waals surface area contributed by atoms with E-state index in [4.69, 9.17) is 23.2 Å². The number of aryl methyl sites for hydroxylation is 1. The Morgan fingerprint density at radius 3 is 2.38 bits per heavy atom. The minimum atomic E-state index is -0.689. The first kappa shape index (κ1) is 26.8. The molecule has 2 aromatic carbocycles. The van der Waals surface area contributed by atoms with E-state index in [1.807, 2.05) is 48.5 Å². The molecule has 1 unspecified atom stereocenters. The van der Waals surface area contributed by atoms with Crippen molar-refractivity contribution >= 4 is 40.6 Å². The molecule has 0 spiro atoms. The molecule has 1 saturated carbocycles. The van der Waals surface area contributed by atoms with E-state index in [2.05, 4.69) is 26.0 Å². The van der Waals surface area contributed by atoms with Crippen LogP contribution in [0.25, 0.3) is 22.4 Å². The summed E-state index contributed by atoms with van der Waals surface area (Å²) in [5.74, 6) is 0. The minimum absolute atomic E-state index is 0.0487. The molecule has 4 aromatic rings. The molecule has 1 aliphatic rings. The van der Waals surface area contributed by atoms with Crippen LogP contribution in [0.2, 0.25) is 10.0 Å². The number of halogens is 2. The predicted molar refractivity (Wildman–Crippen MR) is 153 cm³/mol. The van der Waals surface area contributed by atoms with Crippen molar-refractivity contribution in [1.82, 2.24) is 20.1 Å². The molecule has 200 valence electrons. The standard InChI is InChI=1S/C28H26Cl2N6O3/c1-2-36-27(38)24(33-28(39)34-25-21(29)14-31-15-22(25)30)13-23(35-36)19-5-3-4-18(12-19)16-6-8-17(9-7-16)26(37)32-20-10-11-20/h3-9,12-15,20,26,32,37H,2,10-11H2,1H3,(H2,31,33,34,39). The average molecular weight is 565 g/mol. The quantitative estimate of drug-likeness (QED) is 0.204. The smallest absolute Gasteiger partial charge is 0.323 e. The number of pyridine rings is 1. The van der Waals surface area contributed by atoms with Gasteiger partial charge in [-0.2, -0.15) is 5.10 Å². The number of carbonyl (C=O) groups is 1. The Labute approximate surface area is 234 Å². The van der Waals surface area contributed by atoms with E-state index in [0.717, 1.165) is 35.1 Å². The van der Waals surface area contributed by atoms with Crippen LogP contribution >= 0.6 is 23.2 Å². The first-order valence-electron chi connectivity index (χ1n) is 12.5. The van der Waals surface area contributed by atoms with Crippen LogP contribution in [0.3, 0.4) is 0 Å². The van der Waals surface area contributed by atoms with Crippen LogP contribution in [0.1, 0.15) is 31.6 Å². The van der Waals surface area contributed by atoms with Crippen LogP contribution in [-0.2, 0) is 6.54 Å². The second-order valence-electron chi connectivity index (χ2n) is 9.17. The van der Waals surface area contributed by atoms with E-state index in [9.17, 15) is 14.7 Å². The summed E-state index contributed by atoms with van der Waals surface area (Å²) in [5.41, 5.74) is 3.77. The zero-order valence-corrected chi connectivity index (χ0v) is 22.5. The highest BCUT2D eigenvalue weighted by Gasteiger charge is 2.24. The maximum atomic E-state index is 12.9. The van der Waals surface area contributed by atoms with E-state index in [1.54, 1.807) is 6.92 Å². The molecule has 1 fully saturated rings. The number of nitrogens with zero attached hydrogens (tertiary/aromatic N) is 3. The predicted octanol–water partition coefficient (Wildman–Crippen LogP) is 5.69. The van der Waals surface area contributed by atoms with Gasteiger partial charge in [0.1, 0.15) is 11.9 Å². The summed E-state index contributed by atoms with van der Waals surface area (Å²) in [6.45, 7) is 2.10. The van der Waals surface area contributed by atoms with Crippen molar-refractivity contribution in [2.75, 3.05) is 10.6 Å². The number of hydrogen-bond donors (Lipinski definition) is 4. The lowest BCUT2D eigenvalue weighted by Crippen LogP contribution is -2.29. The number of rotatable bonds is 8. The van der Waals surface area contributed by atoms with Crippen LogP contribution in [0, 0.1) is 0 Å². The summed E-state index contributed by atoms with van der Waals surface area (Å²) >= 11 is 12.2. The van der Waals surface area contributed by atoms with Gasteiger partial charge in [-0.1, -0.05) is 65.7 Å². The van der Waals surface area contributed by atoms with Crippen LogP contribution in [0.15, 0.2) is 71.8 Å². The van der Waals surface area contributed by atoms with Gasteiger partial charge in [0, 0.05) is 30.5 Å². The summed E-state index contributed by atoms with van der Waals surface area (Å²) in [4.78, 5) is 29.5. The van der Waals surface area contributed by atoms with Crippen LogP contribution < -0.4 is 21.5 Å². The number of aliphatic hydroxyl groups is 1. The van der Waals surface area contributed by atoms with Gasteiger partial charge in [0.15, 0.2) is 0 Å². The fourth-order valence-corrected chi connectivity index (χ4v) is 4.53. The molecule has 39 heavy (non-hydrogen) atoms. The minimum Gasteiger partial charge on any atom is -0.374 e. The molecule has 9 nitrogen and oxygen atoms in total. The van der Waals surface area contributed by atoms with E-state index in [0.29, 0.717) is 18.3 Å². The van der Waals surface area contributed by atoms with Gasteiger partial charge in [-0.05, 0) is 48.6 Å². The summed E-state index contributed by atoms with van der Waals surface area (Å²) in [6, 6.07) is 16.7. The maximum Gasteiger partial charge on any atom is 0.323 e. The van der Waals surface area contributed by atoms with Crippen molar-refractivity contribution in [3.63, 3.8) is 0 Å². The molecule has 0 radical (unpaired) electrons. The number of aromatic nitrogens is 3. The van der Waals surface area contributed by atoms with Crippen molar-refractivity contribution in [3.05, 3.63) is 93.0 Å². The number of benzene rings is 2. The normalized spacial score (nSPS) is 13.6. The molecule has 4 N–H and O–H groups in total. The van der Waals surface area contributed by atoms with Crippen LogP contribution in [0.4, 0.5) is 16.2 Å². The Bertz CT molecular complexity index is 1550. The van der Waals surface area contributed by atoms with Gasteiger partial charge in [-0.25, -0.2) is 9.48 Å². The van der Waals surface area contributed by atoms with Gasteiger partial charge >= 0.3 is 6.03 Å². The molecule has 2 aromatic heterocycles. The number of aliphatic hydroxyl groups excluding tert-OH is 1. The first-order chi connectivity index (χ1) is 18.8. The monoisotopic (exact) mass is 564 g/mol. The first-order valence-corrected chi connectivity index (χ1v) is 13.2. The summed E-state index contributed by atoms with van der Waals surface area (Å²) in [5, 5.41) is 23.5. The third kappa shape index (κ3) is 6.29. The zero-order chi connectivity index (χ0) is 27.5. The van der Waals surface area contributed by atoms with Crippen molar-refractivity contribution in [1.29, 1.82) is 0 Å². The largest absolute Gasteiger partial charge is 0.374 e. The SMILES string of the molecule is CCn1nc(-c2cccc(-c3ccc(C(O)NC4CC4)cc3)c2)cc(NC(=O)Nc2c(Cl)cncc2Cl)c1=O. The van der Waals surface area contributed by atoms with Gasteiger partial charge in [-0.3, -0.25) is 15.1 Å². The number of hydrogen-bond acceptors (Lipinski definition) is 6. The fourth-order valence-electron chi connectivity index (χ4n) is 4.07. The molecule has 0 bridgehead atoms. The van der Waals surface area contributed by atoms with Gasteiger partial charge < -0.3 is 15.7 Å². The Morgan fingerprint density at radius 1 is 1.03 bits per heavy atom. The summed E-state index contributed by atoms with van der Waals surface area (Å²) < 4.78 is 1.28. The molecule has 2 heterocycles. The molecule has 11 heteroatoms. The number of carbonyl (C=O) groups excluding carboxylic acids is 1. The Hall–Kier alpha value is -3.76. The Morgan fingerprint density at radius 2 is 1.72 bits per heavy atom.